The van der Waals surface area contributed by atoms with Gasteiger partial charge in [0.05, 0.1) is 0 Å². The first-order chi connectivity index (χ1) is 4.21. The molecule has 0 aromatic rings. The minimum atomic E-state index is -0.936. The molecular weight excluding hydrogens is 162 g/mol. The molecule has 0 aliphatic heterocycles. The Kier molecular flexibility index (Phi) is 3.62. The number of carbonyl (C=O) groups excluding carboxylic acids is 1. The topological polar surface area (TPSA) is 66.4 Å². The molecule has 0 unspecified atom stereocenters. The molecule has 0 bridgehead atoms. The Bertz CT molecular complexity index is 155. The van der Waals surface area contributed by atoms with Gasteiger partial charge in [-0.15, -0.1) is 0 Å². The fourth-order valence-electron chi connectivity index (χ4n) is 0.658. The number of rotatable bonds is 3. The van der Waals surface area contributed by atoms with Crippen LogP contribution in [0.15, 0.2) is 0 Å². The van der Waals surface area contributed by atoms with Crippen LogP contribution in [0.3, 0.4) is 0 Å². The second kappa shape index (κ2) is 3.55. The minimum absolute atomic E-state index is 0. The summed E-state index contributed by atoms with van der Waals surface area (Å²) in [4.78, 5) is 20.0. The summed E-state index contributed by atoms with van der Waals surface area (Å²) in [7, 11) is 0. The molecule has 1 aliphatic carbocycles. The zero-order valence-corrected chi connectivity index (χ0v) is 4.76. The summed E-state index contributed by atoms with van der Waals surface area (Å²) in [5.41, 5.74) is -0.901. The maximum absolute atomic E-state index is 10.3. The van der Waals surface area contributed by atoms with E-state index in [1.54, 1.807) is 0 Å². The molecule has 0 radical (unpaired) electrons. The molecule has 10 heavy (non-hydrogen) atoms. The van der Waals surface area contributed by atoms with Crippen LogP contribution in [-0.4, -0.2) is 60.8 Å². The van der Waals surface area contributed by atoms with Gasteiger partial charge in [0.25, 0.3) is 0 Å². The number of nitrogens with one attached hydrogen (secondary N) is 1. The van der Waals surface area contributed by atoms with Crippen LogP contribution in [0.2, 0.25) is 0 Å². The number of hydrogen-bond donors (Lipinski definition) is 2. The molecule has 1 saturated carbocycles. The van der Waals surface area contributed by atoms with Crippen molar-refractivity contribution in [2.45, 2.75) is 18.4 Å². The quantitative estimate of drug-likeness (QED) is 0.398. The molecule has 4 nitrogen and oxygen atoms in total. The van der Waals surface area contributed by atoms with Gasteiger partial charge in [0.15, 0.2) is 0 Å². The second-order valence-corrected chi connectivity index (χ2v) is 2.15. The average Bonchev–Trinajstić information content (AvgIpc) is 2.49. The van der Waals surface area contributed by atoms with Crippen molar-refractivity contribution in [2.75, 3.05) is 0 Å². The zero-order valence-electron chi connectivity index (χ0n) is 4.76. The van der Waals surface area contributed by atoms with Crippen molar-refractivity contribution >= 4 is 50.1 Å². The average molecular weight is 171 g/mol. The third kappa shape index (κ3) is 1.84. The van der Waals surface area contributed by atoms with Gasteiger partial charge in [-0.3, -0.25) is 4.79 Å². The van der Waals surface area contributed by atoms with E-state index in [4.69, 9.17) is 5.11 Å². The Labute approximate surface area is 88.0 Å². The van der Waals surface area contributed by atoms with Gasteiger partial charge in [0.2, 0.25) is 6.41 Å². The standard InChI is InChI=1S/C5H7NO3.Ca.2H/c7-3-6-5(1-2-5)4(8)9;;;/h3H,1-2H2,(H,6,7)(H,8,9);;;. The van der Waals surface area contributed by atoms with E-state index in [0.29, 0.717) is 19.3 Å². The molecule has 1 fully saturated rings. The molecule has 1 rings (SSSR count). The van der Waals surface area contributed by atoms with Crippen LogP contribution in [0.1, 0.15) is 12.8 Å². The Morgan fingerprint density at radius 1 is 1.60 bits per heavy atom. The van der Waals surface area contributed by atoms with E-state index >= 15 is 0 Å². The molecule has 54 valence electrons. The third-order valence-electron chi connectivity index (χ3n) is 1.49. The molecule has 0 spiro atoms. The second-order valence-electron chi connectivity index (χ2n) is 2.15. The van der Waals surface area contributed by atoms with E-state index in [1.807, 2.05) is 0 Å². The monoisotopic (exact) mass is 171 g/mol. The molecule has 0 aromatic heterocycles. The summed E-state index contributed by atoms with van der Waals surface area (Å²) in [5.74, 6) is -0.936. The molecule has 5 heteroatoms. The molecule has 2 N–H and O–H groups in total. The Balaban J connectivity index is 0.000000810. The number of carboxylic acid groups (broad SMARTS) is 1. The molecule has 0 aromatic carbocycles. The van der Waals surface area contributed by atoms with Crippen molar-refractivity contribution in [2.24, 2.45) is 0 Å². The first-order valence-electron chi connectivity index (χ1n) is 2.66. The number of hydrogen-bond acceptors (Lipinski definition) is 2. The van der Waals surface area contributed by atoms with Gasteiger partial charge < -0.3 is 10.4 Å². The number of amides is 1. The predicted molar refractivity (Wildman–Crippen MR) is 37.3 cm³/mol. The Hall–Kier alpha value is 0.200. The van der Waals surface area contributed by atoms with Crippen molar-refractivity contribution in [3.05, 3.63) is 0 Å². The van der Waals surface area contributed by atoms with Crippen LogP contribution in [-0.2, 0) is 9.59 Å². The molecule has 0 saturated heterocycles. The maximum atomic E-state index is 10.3. The van der Waals surface area contributed by atoms with E-state index in [2.05, 4.69) is 5.32 Å². The summed E-state index contributed by atoms with van der Waals surface area (Å²) >= 11 is 0. The summed E-state index contributed by atoms with van der Waals surface area (Å²) in [6.45, 7) is 0. The first kappa shape index (κ1) is 10.2. The van der Waals surface area contributed by atoms with Crippen LogP contribution >= 0.6 is 0 Å². The number of carbonyl (C=O) groups is 2. The third-order valence-corrected chi connectivity index (χ3v) is 1.49. The van der Waals surface area contributed by atoms with Crippen molar-refractivity contribution in [3.8, 4) is 0 Å². The van der Waals surface area contributed by atoms with Gasteiger partial charge in [-0.05, 0) is 12.8 Å². The molecule has 0 atom stereocenters. The van der Waals surface area contributed by atoms with E-state index in [-0.39, 0.29) is 37.7 Å². The van der Waals surface area contributed by atoms with Crippen molar-refractivity contribution in [1.82, 2.24) is 5.32 Å². The van der Waals surface area contributed by atoms with Crippen molar-refractivity contribution < 1.29 is 14.7 Å². The van der Waals surface area contributed by atoms with Gasteiger partial charge in [0.1, 0.15) is 5.54 Å². The van der Waals surface area contributed by atoms with E-state index < -0.39 is 11.5 Å². The summed E-state index contributed by atoms with van der Waals surface area (Å²) < 4.78 is 0. The van der Waals surface area contributed by atoms with Gasteiger partial charge in [-0.2, -0.15) is 0 Å². The van der Waals surface area contributed by atoms with E-state index in [9.17, 15) is 9.59 Å². The number of carboxylic acids is 1. The fourth-order valence-corrected chi connectivity index (χ4v) is 0.658. The molecule has 0 heterocycles. The predicted octanol–water partition coefficient (Wildman–Crippen LogP) is -1.57. The van der Waals surface area contributed by atoms with Crippen LogP contribution in [0, 0.1) is 0 Å². The number of aliphatic carboxylic acids is 1. The normalized spacial score (nSPS) is 18.4. The van der Waals surface area contributed by atoms with Crippen LogP contribution in [0.5, 0.6) is 0 Å². The summed E-state index contributed by atoms with van der Waals surface area (Å²) in [6.07, 6.45) is 1.54. The van der Waals surface area contributed by atoms with Crippen molar-refractivity contribution in [1.29, 1.82) is 0 Å². The van der Waals surface area contributed by atoms with Gasteiger partial charge in [-0.1, -0.05) is 0 Å². The summed E-state index contributed by atoms with van der Waals surface area (Å²) in [6, 6.07) is 0. The Morgan fingerprint density at radius 2 is 2.10 bits per heavy atom. The van der Waals surface area contributed by atoms with Crippen LogP contribution in [0.25, 0.3) is 0 Å². The summed E-state index contributed by atoms with van der Waals surface area (Å²) in [5, 5.41) is 10.7. The zero-order chi connectivity index (χ0) is 6.91. The molecular formula is C5H9CaNO3. The fraction of sp³-hybridized carbons (Fsp3) is 0.600. The van der Waals surface area contributed by atoms with Crippen molar-refractivity contribution in [3.63, 3.8) is 0 Å². The first-order valence-corrected chi connectivity index (χ1v) is 2.66. The van der Waals surface area contributed by atoms with Crippen LogP contribution in [0.4, 0.5) is 0 Å². The molecule has 1 amide bonds. The SMILES string of the molecule is O=CNC1(C(=O)O)CC1.[CaH2]. The van der Waals surface area contributed by atoms with Crippen LogP contribution < -0.4 is 5.32 Å². The van der Waals surface area contributed by atoms with Gasteiger partial charge >= 0.3 is 43.7 Å². The van der Waals surface area contributed by atoms with Gasteiger partial charge in [-0.25, -0.2) is 4.79 Å². The van der Waals surface area contributed by atoms with E-state index in [0.717, 1.165) is 0 Å². The van der Waals surface area contributed by atoms with E-state index in [1.165, 1.54) is 0 Å². The molecule has 1 aliphatic rings. The Morgan fingerprint density at radius 3 is 2.20 bits per heavy atom. The van der Waals surface area contributed by atoms with Gasteiger partial charge in [0, 0.05) is 0 Å².